The Morgan fingerprint density at radius 1 is 1.10 bits per heavy atom. The fourth-order valence-corrected chi connectivity index (χ4v) is 3.65. The topological polar surface area (TPSA) is 95.8 Å². The molecule has 3 rings (SSSR count). The minimum atomic E-state index is -0.514. The molecule has 1 aliphatic rings. The Morgan fingerprint density at radius 2 is 1.77 bits per heavy atom. The average molecular weight is 431 g/mol. The van der Waals surface area contributed by atoms with E-state index in [1.54, 1.807) is 12.1 Å². The van der Waals surface area contributed by atoms with E-state index in [2.05, 4.69) is 10.2 Å². The fraction of sp³-hybridized carbons (Fsp3) is 0.333. The molecule has 0 bridgehead atoms. The molecule has 2 aromatic carbocycles. The number of rotatable bonds is 6. The van der Waals surface area contributed by atoms with E-state index in [1.165, 1.54) is 24.3 Å². The lowest BCUT2D eigenvalue weighted by Gasteiger charge is -2.36. The first-order chi connectivity index (χ1) is 14.4. The van der Waals surface area contributed by atoms with E-state index >= 15 is 0 Å². The van der Waals surface area contributed by atoms with Crippen LogP contribution >= 0.6 is 11.6 Å². The van der Waals surface area contributed by atoms with Crippen molar-refractivity contribution >= 4 is 40.5 Å². The molecule has 0 radical (unpaired) electrons. The molecule has 0 saturated carbocycles. The van der Waals surface area contributed by atoms with Gasteiger partial charge in [-0.1, -0.05) is 18.5 Å². The smallest absolute Gasteiger partial charge is 0.269 e. The zero-order valence-corrected chi connectivity index (χ0v) is 17.4. The van der Waals surface area contributed by atoms with Crippen LogP contribution in [0.5, 0.6) is 0 Å². The molecule has 1 saturated heterocycles. The first-order valence-corrected chi connectivity index (χ1v) is 10.1. The molecular formula is C21H23ClN4O4. The van der Waals surface area contributed by atoms with Gasteiger partial charge in [-0.05, 0) is 36.8 Å². The predicted octanol–water partition coefficient (Wildman–Crippen LogP) is 3.95. The number of anilines is 2. The second kappa shape index (κ2) is 9.58. The highest BCUT2D eigenvalue weighted by Crippen LogP contribution is 2.30. The fourth-order valence-electron chi connectivity index (χ4n) is 3.35. The number of halogens is 1. The third-order valence-electron chi connectivity index (χ3n) is 4.98. The summed E-state index contributed by atoms with van der Waals surface area (Å²) in [5.41, 5.74) is 1.63. The number of carbonyl (C=O) groups is 2. The van der Waals surface area contributed by atoms with Crippen molar-refractivity contribution in [2.75, 3.05) is 36.4 Å². The molecule has 0 aliphatic carbocycles. The maximum Gasteiger partial charge on any atom is 0.269 e. The Balaban J connectivity index is 1.62. The highest BCUT2D eigenvalue weighted by Gasteiger charge is 2.22. The van der Waals surface area contributed by atoms with Crippen molar-refractivity contribution in [3.05, 3.63) is 63.2 Å². The van der Waals surface area contributed by atoms with Gasteiger partial charge in [0.25, 0.3) is 11.6 Å². The Hall–Kier alpha value is -3.13. The molecule has 2 amide bonds. The maximum atomic E-state index is 12.4. The van der Waals surface area contributed by atoms with Gasteiger partial charge in [0.15, 0.2) is 0 Å². The van der Waals surface area contributed by atoms with Crippen LogP contribution in [0.15, 0.2) is 42.5 Å². The minimum absolute atomic E-state index is 0.0737. The second-order valence-electron chi connectivity index (χ2n) is 7.04. The summed E-state index contributed by atoms with van der Waals surface area (Å²) in [5, 5.41) is 14.0. The van der Waals surface area contributed by atoms with Crippen LogP contribution in [0.4, 0.5) is 17.1 Å². The molecule has 1 heterocycles. The number of amides is 2. The molecule has 0 spiro atoms. The Labute approximate surface area is 179 Å². The molecule has 2 aromatic rings. The molecule has 158 valence electrons. The number of piperazine rings is 1. The Kier molecular flexibility index (Phi) is 6.89. The molecule has 30 heavy (non-hydrogen) atoms. The maximum absolute atomic E-state index is 12.4. The predicted molar refractivity (Wildman–Crippen MR) is 116 cm³/mol. The number of nitrogens with zero attached hydrogens (tertiary/aromatic N) is 3. The van der Waals surface area contributed by atoms with Gasteiger partial charge in [0.1, 0.15) is 0 Å². The summed E-state index contributed by atoms with van der Waals surface area (Å²) in [7, 11) is 0. The minimum Gasteiger partial charge on any atom is -0.367 e. The van der Waals surface area contributed by atoms with E-state index in [-0.39, 0.29) is 17.5 Å². The molecule has 0 unspecified atom stereocenters. The number of benzene rings is 2. The molecule has 1 fully saturated rings. The number of hydrogen-bond acceptors (Lipinski definition) is 5. The summed E-state index contributed by atoms with van der Waals surface area (Å²) in [5.74, 6) is -0.190. The van der Waals surface area contributed by atoms with E-state index < -0.39 is 4.92 Å². The van der Waals surface area contributed by atoms with Crippen LogP contribution in [-0.2, 0) is 4.79 Å². The number of carbonyl (C=O) groups excluding carboxylic acids is 2. The summed E-state index contributed by atoms with van der Waals surface area (Å²) < 4.78 is 0. The molecule has 0 atom stereocenters. The SMILES string of the molecule is CCCC(=O)N1CCN(c2ccc(NC(=O)c3ccc([N+](=O)[O-])cc3)cc2Cl)CC1. The van der Waals surface area contributed by atoms with Gasteiger partial charge in [0, 0.05) is 56.0 Å². The lowest BCUT2D eigenvalue weighted by atomic mass is 10.2. The van der Waals surface area contributed by atoms with Crippen molar-refractivity contribution in [2.24, 2.45) is 0 Å². The summed E-state index contributed by atoms with van der Waals surface area (Å²) >= 11 is 6.45. The molecular weight excluding hydrogens is 408 g/mol. The molecule has 8 nitrogen and oxygen atoms in total. The third-order valence-corrected chi connectivity index (χ3v) is 5.29. The quantitative estimate of drug-likeness (QED) is 0.553. The molecule has 9 heteroatoms. The third kappa shape index (κ3) is 5.07. The van der Waals surface area contributed by atoms with E-state index in [0.717, 1.165) is 12.1 Å². The standard InChI is InChI=1S/C21H23ClN4O4/c1-2-3-20(27)25-12-10-24(11-13-25)19-9-6-16(14-18(19)22)23-21(28)15-4-7-17(8-5-15)26(29)30/h4-9,14H,2-3,10-13H2,1H3,(H,23,28). The van der Waals surface area contributed by atoms with E-state index in [4.69, 9.17) is 11.6 Å². The van der Waals surface area contributed by atoms with E-state index in [0.29, 0.717) is 48.9 Å². The van der Waals surface area contributed by atoms with E-state index in [9.17, 15) is 19.7 Å². The zero-order valence-electron chi connectivity index (χ0n) is 16.6. The molecule has 1 N–H and O–H groups in total. The van der Waals surface area contributed by atoms with Crippen LogP contribution in [-0.4, -0.2) is 47.8 Å². The van der Waals surface area contributed by atoms with Gasteiger partial charge >= 0.3 is 0 Å². The van der Waals surface area contributed by atoms with Gasteiger partial charge < -0.3 is 15.1 Å². The summed E-state index contributed by atoms with van der Waals surface area (Å²) in [6.07, 6.45) is 1.42. The van der Waals surface area contributed by atoms with Crippen molar-refractivity contribution in [2.45, 2.75) is 19.8 Å². The van der Waals surface area contributed by atoms with Gasteiger partial charge in [-0.3, -0.25) is 19.7 Å². The largest absolute Gasteiger partial charge is 0.367 e. The zero-order chi connectivity index (χ0) is 21.7. The lowest BCUT2D eigenvalue weighted by Crippen LogP contribution is -2.48. The number of nitro groups is 1. The van der Waals surface area contributed by atoms with Gasteiger partial charge in [0.05, 0.1) is 15.6 Å². The van der Waals surface area contributed by atoms with E-state index in [1.807, 2.05) is 17.9 Å². The van der Waals surface area contributed by atoms with Crippen molar-refractivity contribution in [1.82, 2.24) is 4.90 Å². The summed E-state index contributed by atoms with van der Waals surface area (Å²) in [4.78, 5) is 38.6. The normalized spacial score (nSPS) is 13.8. The van der Waals surface area contributed by atoms with Crippen molar-refractivity contribution < 1.29 is 14.5 Å². The lowest BCUT2D eigenvalue weighted by molar-refractivity contribution is -0.384. The Morgan fingerprint density at radius 3 is 2.33 bits per heavy atom. The average Bonchev–Trinajstić information content (AvgIpc) is 2.74. The number of hydrogen-bond donors (Lipinski definition) is 1. The van der Waals surface area contributed by atoms with Crippen LogP contribution in [0.1, 0.15) is 30.1 Å². The number of nitrogens with one attached hydrogen (secondary N) is 1. The van der Waals surface area contributed by atoms with Crippen molar-refractivity contribution in [3.8, 4) is 0 Å². The highest BCUT2D eigenvalue weighted by atomic mass is 35.5. The van der Waals surface area contributed by atoms with Crippen LogP contribution in [0.25, 0.3) is 0 Å². The van der Waals surface area contributed by atoms with Crippen LogP contribution in [0.3, 0.4) is 0 Å². The Bertz CT molecular complexity index is 941. The van der Waals surface area contributed by atoms with Gasteiger partial charge in [-0.25, -0.2) is 0 Å². The van der Waals surface area contributed by atoms with Gasteiger partial charge in [-0.2, -0.15) is 0 Å². The molecule has 0 aromatic heterocycles. The number of nitro benzene ring substituents is 1. The van der Waals surface area contributed by atoms with Crippen LogP contribution < -0.4 is 10.2 Å². The van der Waals surface area contributed by atoms with Gasteiger partial charge in [-0.15, -0.1) is 0 Å². The van der Waals surface area contributed by atoms with Crippen LogP contribution in [0, 0.1) is 10.1 Å². The van der Waals surface area contributed by atoms with Crippen molar-refractivity contribution in [3.63, 3.8) is 0 Å². The van der Waals surface area contributed by atoms with Crippen molar-refractivity contribution in [1.29, 1.82) is 0 Å². The van der Waals surface area contributed by atoms with Crippen LogP contribution in [0.2, 0.25) is 5.02 Å². The monoisotopic (exact) mass is 430 g/mol. The second-order valence-corrected chi connectivity index (χ2v) is 7.45. The highest BCUT2D eigenvalue weighted by molar-refractivity contribution is 6.33. The molecule has 1 aliphatic heterocycles. The first kappa shape index (κ1) is 21.6. The number of non-ortho nitro benzene ring substituents is 1. The van der Waals surface area contributed by atoms with Gasteiger partial charge in [0.2, 0.25) is 5.91 Å². The summed E-state index contributed by atoms with van der Waals surface area (Å²) in [6.45, 7) is 4.71. The summed E-state index contributed by atoms with van der Waals surface area (Å²) in [6, 6.07) is 10.7. The first-order valence-electron chi connectivity index (χ1n) is 9.77.